The highest BCUT2D eigenvalue weighted by molar-refractivity contribution is 5.77. The van der Waals surface area contributed by atoms with Crippen molar-refractivity contribution in [1.82, 2.24) is 4.90 Å². The number of hydrogen-bond donors (Lipinski definition) is 1. The van der Waals surface area contributed by atoms with Crippen LogP contribution in [-0.2, 0) is 16.1 Å². The van der Waals surface area contributed by atoms with Crippen molar-refractivity contribution in [2.45, 2.75) is 25.9 Å². The van der Waals surface area contributed by atoms with Crippen molar-refractivity contribution in [2.24, 2.45) is 5.41 Å². The number of piperidine rings is 1. The first-order valence-corrected chi connectivity index (χ1v) is 7.20. The summed E-state index contributed by atoms with van der Waals surface area (Å²) >= 11 is 0. The lowest BCUT2D eigenvalue weighted by Crippen LogP contribution is -2.49. The zero-order valence-electron chi connectivity index (χ0n) is 12.3. The fraction of sp³-hybridized carbons (Fsp3) is 0.412. The Labute approximate surface area is 129 Å². The molecule has 116 valence electrons. The van der Waals surface area contributed by atoms with Gasteiger partial charge in [0, 0.05) is 19.5 Å². The Morgan fingerprint density at radius 1 is 1.36 bits per heavy atom. The largest absolute Gasteiger partial charge is 0.481 e. The number of nitrogens with zero attached hydrogens (tertiary/aromatic N) is 1. The third-order valence-corrected chi connectivity index (χ3v) is 3.93. The number of carboxylic acid groups (broad SMARTS) is 1. The second-order valence-corrected chi connectivity index (χ2v) is 5.53. The SMILES string of the molecule is C#CCC1(C(=O)O)CCCN(C(=O)OCc2ccccc2)C1. The molecule has 1 saturated heterocycles. The molecule has 1 amide bonds. The van der Waals surface area contributed by atoms with E-state index in [1.165, 1.54) is 4.90 Å². The van der Waals surface area contributed by atoms with Crippen LogP contribution in [0.2, 0.25) is 0 Å². The van der Waals surface area contributed by atoms with Gasteiger partial charge in [-0.1, -0.05) is 30.3 Å². The highest BCUT2D eigenvalue weighted by Gasteiger charge is 2.43. The minimum absolute atomic E-state index is 0.0974. The minimum Gasteiger partial charge on any atom is -0.481 e. The summed E-state index contributed by atoms with van der Waals surface area (Å²) < 4.78 is 5.26. The molecule has 1 aliphatic rings. The van der Waals surface area contributed by atoms with Crippen molar-refractivity contribution in [3.8, 4) is 12.3 Å². The maximum absolute atomic E-state index is 12.1. The molecular weight excluding hydrogens is 282 g/mol. The van der Waals surface area contributed by atoms with Gasteiger partial charge in [0.25, 0.3) is 0 Å². The summed E-state index contributed by atoms with van der Waals surface area (Å²) in [7, 11) is 0. The number of hydrogen-bond acceptors (Lipinski definition) is 3. The number of aliphatic carboxylic acids is 1. The maximum atomic E-state index is 12.1. The molecule has 1 N–H and O–H groups in total. The number of rotatable bonds is 4. The predicted octanol–water partition coefficient (Wildman–Crippen LogP) is 2.51. The highest BCUT2D eigenvalue weighted by Crippen LogP contribution is 2.33. The van der Waals surface area contributed by atoms with E-state index in [0.29, 0.717) is 19.4 Å². The van der Waals surface area contributed by atoms with Gasteiger partial charge < -0.3 is 14.7 Å². The van der Waals surface area contributed by atoms with E-state index >= 15 is 0 Å². The molecule has 0 aromatic heterocycles. The molecule has 1 aliphatic heterocycles. The van der Waals surface area contributed by atoms with Gasteiger partial charge in [-0.15, -0.1) is 12.3 Å². The van der Waals surface area contributed by atoms with Crippen LogP contribution in [0.5, 0.6) is 0 Å². The molecule has 0 saturated carbocycles. The van der Waals surface area contributed by atoms with Crippen molar-refractivity contribution >= 4 is 12.1 Å². The van der Waals surface area contributed by atoms with E-state index < -0.39 is 17.5 Å². The Bertz CT molecular complexity index is 578. The highest BCUT2D eigenvalue weighted by atomic mass is 16.6. The van der Waals surface area contributed by atoms with Gasteiger partial charge in [-0.3, -0.25) is 4.79 Å². The molecule has 1 aromatic carbocycles. The van der Waals surface area contributed by atoms with E-state index in [-0.39, 0.29) is 19.6 Å². The number of ether oxygens (including phenoxy) is 1. The van der Waals surface area contributed by atoms with E-state index in [1.807, 2.05) is 30.3 Å². The van der Waals surface area contributed by atoms with Crippen LogP contribution in [0.4, 0.5) is 4.79 Å². The van der Waals surface area contributed by atoms with Crippen LogP contribution >= 0.6 is 0 Å². The fourth-order valence-corrected chi connectivity index (χ4v) is 2.69. The van der Waals surface area contributed by atoms with Crippen molar-refractivity contribution < 1.29 is 19.4 Å². The Hall–Kier alpha value is -2.48. The third kappa shape index (κ3) is 3.59. The molecule has 0 spiro atoms. The maximum Gasteiger partial charge on any atom is 0.410 e. The smallest absolute Gasteiger partial charge is 0.410 e. The molecule has 1 unspecified atom stereocenters. The first kappa shape index (κ1) is 15.9. The molecule has 1 fully saturated rings. The normalized spacial score (nSPS) is 21.0. The van der Waals surface area contributed by atoms with Crippen molar-refractivity contribution in [1.29, 1.82) is 0 Å². The van der Waals surface area contributed by atoms with Gasteiger partial charge in [0.05, 0.1) is 5.41 Å². The van der Waals surface area contributed by atoms with Gasteiger partial charge in [0.2, 0.25) is 0 Å². The topological polar surface area (TPSA) is 66.8 Å². The van der Waals surface area contributed by atoms with Crippen LogP contribution in [0.1, 0.15) is 24.8 Å². The Balaban J connectivity index is 1.98. The molecule has 5 heteroatoms. The van der Waals surface area contributed by atoms with Crippen LogP contribution in [0.15, 0.2) is 30.3 Å². The zero-order chi connectivity index (χ0) is 16.0. The Morgan fingerprint density at radius 2 is 2.09 bits per heavy atom. The molecule has 0 aliphatic carbocycles. The first-order chi connectivity index (χ1) is 10.6. The molecule has 0 bridgehead atoms. The monoisotopic (exact) mass is 301 g/mol. The van der Waals surface area contributed by atoms with E-state index in [1.54, 1.807) is 0 Å². The van der Waals surface area contributed by atoms with Crippen LogP contribution in [0, 0.1) is 17.8 Å². The summed E-state index contributed by atoms with van der Waals surface area (Å²) in [5, 5.41) is 9.45. The van der Waals surface area contributed by atoms with Gasteiger partial charge in [0.1, 0.15) is 6.61 Å². The zero-order valence-corrected chi connectivity index (χ0v) is 12.3. The second-order valence-electron chi connectivity index (χ2n) is 5.53. The summed E-state index contributed by atoms with van der Waals surface area (Å²) in [4.78, 5) is 25.1. The van der Waals surface area contributed by atoms with E-state index in [2.05, 4.69) is 5.92 Å². The lowest BCUT2D eigenvalue weighted by atomic mass is 9.77. The fourth-order valence-electron chi connectivity index (χ4n) is 2.69. The van der Waals surface area contributed by atoms with Gasteiger partial charge in [0.15, 0.2) is 0 Å². The van der Waals surface area contributed by atoms with Gasteiger partial charge in [-0.2, -0.15) is 0 Å². The number of carbonyl (C=O) groups excluding carboxylic acids is 1. The molecular formula is C17H19NO4. The summed E-state index contributed by atoms with van der Waals surface area (Å²) in [6, 6.07) is 9.35. The molecule has 0 radical (unpaired) electrons. The molecule has 5 nitrogen and oxygen atoms in total. The lowest BCUT2D eigenvalue weighted by molar-refractivity contribution is -0.151. The minimum atomic E-state index is -1.06. The molecule has 1 heterocycles. The van der Waals surface area contributed by atoms with Crippen LogP contribution in [-0.4, -0.2) is 35.2 Å². The van der Waals surface area contributed by atoms with Crippen LogP contribution < -0.4 is 0 Å². The average molecular weight is 301 g/mol. The summed E-state index contributed by atoms with van der Waals surface area (Å²) in [5.41, 5.74) is -0.167. The quantitative estimate of drug-likeness (QED) is 0.868. The molecule has 2 rings (SSSR count). The molecule has 1 aromatic rings. The van der Waals surface area contributed by atoms with E-state index in [4.69, 9.17) is 11.2 Å². The first-order valence-electron chi connectivity index (χ1n) is 7.20. The Morgan fingerprint density at radius 3 is 2.73 bits per heavy atom. The van der Waals surface area contributed by atoms with E-state index in [0.717, 1.165) is 5.56 Å². The summed E-state index contributed by atoms with van der Waals surface area (Å²) in [5.74, 6) is 1.46. The number of amides is 1. The number of terminal acetylenes is 1. The molecule has 1 atom stereocenters. The molecule has 22 heavy (non-hydrogen) atoms. The van der Waals surface area contributed by atoms with Gasteiger partial charge in [-0.05, 0) is 18.4 Å². The predicted molar refractivity (Wildman–Crippen MR) is 81.0 cm³/mol. The van der Waals surface area contributed by atoms with Gasteiger partial charge >= 0.3 is 12.1 Å². The van der Waals surface area contributed by atoms with Crippen LogP contribution in [0.25, 0.3) is 0 Å². The standard InChI is InChI=1S/C17H19NO4/c1-2-9-17(15(19)20)10-6-11-18(13-17)16(21)22-12-14-7-4-3-5-8-14/h1,3-5,7-8H,6,9-13H2,(H,19,20). The summed E-state index contributed by atoms with van der Waals surface area (Å²) in [6.07, 6.45) is 6.00. The number of carbonyl (C=O) groups is 2. The third-order valence-electron chi connectivity index (χ3n) is 3.93. The van der Waals surface area contributed by atoms with E-state index in [9.17, 15) is 14.7 Å². The summed E-state index contributed by atoms with van der Waals surface area (Å²) in [6.45, 7) is 0.763. The van der Waals surface area contributed by atoms with Crippen molar-refractivity contribution in [3.63, 3.8) is 0 Å². The number of benzene rings is 1. The average Bonchev–Trinajstić information content (AvgIpc) is 2.54. The number of likely N-dealkylation sites (tertiary alicyclic amines) is 1. The second kappa shape index (κ2) is 6.99. The van der Waals surface area contributed by atoms with Gasteiger partial charge in [-0.25, -0.2) is 4.79 Å². The van der Waals surface area contributed by atoms with Crippen molar-refractivity contribution in [2.75, 3.05) is 13.1 Å². The van der Waals surface area contributed by atoms with Crippen molar-refractivity contribution in [3.05, 3.63) is 35.9 Å². The lowest BCUT2D eigenvalue weighted by Gasteiger charge is -2.38. The number of carboxylic acids is 1. The Kier molecular flexibility index (Phi) is 5.05. The van der Waals surface area contributed by atoms with Crippen LogP contribution in [0.3, 0.4) is 0 Å².